The SMILES string of the molecule is CC(C)NCC1(c2ccc(Br)cc2)CC2(CCCC2)C1. The third kappa shape index (κ3) is 2.69. The van der Waals surface area contributed by atoms with Crippen molar-refractivity contribution in [1.82, 2.24) is 5.32 Å². The van der Waals surface area contributed by atoms with Crippen molar-refractivity contribution in [2.24, 2.45) is 5.41 Å². The zero-order valence-corrected chi connectivity index (χ0v) is 14.3. The maximum atomic E-state index is 3.70. The number of benzene rings is 1. The van der Waals surface area contributed by atoms with E-state index >= 15 is 0 Å². The second kappa shape index (κ2) is 5.46. The molecule has 2 aliphatic rings. The fraction of sp³-hybridized carbons (Fsp3) is 0.667. The first-order valence-corrected chi connectivity index (χ1v) is 8.83. The molecule has 1 N–H and O–H groups in total. The lowest BCUT2D eigenvalue weighted by Crippen LogP contribution is -2.54. The lowest BCUT2D eigenvalue weighted by Gasteiger charge is -2.56. The van der Waals surface area contributed by atoms with Gasteiger partial charge in [-0.3, -0.25) is 0 Å². The number of halogens is 1. The Morgan fingerprint density at radius 3 is 2.25 bits per heavy atom. The Hall–Kier alpha value is -0.340. The quantitative estimate of drug-likeness (QED) is 0.812. The predicted octanol–water partition coefficient (Wildman–Crippen LogP) is 5.04. The van der Waals surface area contributed by atoms with Gasteiger partial charge >= 0.3 is 0 Å². The van der Waals surface area contributed by atoms with Gasteiger partial charge in [0, 0.05) is 22.5 Å². The van der Waals surface area contributed by atoms with Crippen LogP contribution in [0.3, 0.4) is 0 Å². The molecule has 2 fully saturated rings. The van der Waals surface area contributed by atoms with E-state index in [2.05, 4.69) is 59.4 Å². The van der Waals surface area contributed by atoms with Crippen molar-refractivity contribution in [3.8, 4) is 0 Å². The van der Waals surface area contributed by atoms with E-state index < -0.39 is 0 Å². The van der Waals surface area contributed by atoms with E-state index in [0.717, 1.165) is 6.54 Å². The Balaban J connectivity index is 1.80. The molecule has 110 valence electrons. The predicted molar refractivity (Wildman–Crippen MR) is 89.1 cm³/mol. The van der Waals surface area contributed by atoms with Crippen LogP contribution in [0.5, 0.6) is 0 Å². The van der Waals surface area contributed by atoms with E-state index in [1.54, 1.807) is 0 Å². The second-order valence-electron chi connectivity index (χ2n) is 7.38. The molecule has 3 rings (SSSR count). The summed E-state index contributed by atoms with van der Waals surface area (Å²) in [4.78, 5) is 0. The molecule has 0 aliphatic heterocycles. The minimum atomic E-state index is 0.384. The highest BCUT2D eigenvalue weighted by atomic mass is 79.9. The topological polar surface area (TPSA) is 12.0 Å². The molecule has 2 saturated carbocycles. The number of nitrogens with one attached hydrogen (secondary N) is 1. The van der Waals surface area contributed by atoms with Crippen LogP contribution >= 0.6 is 15.9 Å². The minimum absolute atomic E-state index is 0.384. The van der Waals surface area contributed by atoms with Crippen molar-refractivity contribution in [3.63, 3.8) is 0 Å². The Bertz CT molecular complexity index is 449. The zero-order valence-electron chi connectivity index (χ0n) is 12.7. The minimum Gasteiger partial charge on any atom is -0.314 e. The Morgan fingerprint density at radius 2 is 1.70 bits per heavy atom. The molecule has 0 saturated heterocycles. The first kappa shape index (κ1) is 14.6. The van der Waals surface area contributed by atoms with Gasteiger partial charge in [0.1, 0.15) is 0 Å². The summed E-state index contributed by atoms with van der Waals surface area (Å²) < 4.78 is 1.18. The summed E-state index contributed by atoms with van der Waals surface area (Å²) in [5.74, 6) is 0. The Morgan fingerprint density at radius 1 is 1.10 bits per heavy atom. The van der Waals surface area contributed by atoms with Crippen molar-refractivity contribution >= 4 is 15.9 Å². The van der Waals surface area contributed by atoms with E-state index in [1.165, 1.54) is 48.6 Å². The summed E-state index contributed by atoms with van der Waals surface area (Å²) in [6.45, 7) is 5.63. The highest BCUT2D eigenvalue weighted by molar-refractivity contribution is 9.10. The van der Waals surface area contributed by atoms with Crippen molar-refractivity contribution in [2.75, 3.05) is 6.54 Å². The molecule has 20 heavy (non-hydrogen) atoms. The summed E-state index contributed by atoms with van der Waals surface area (Å²) in [5, 5.41) is 3.70. The molecule has 0 radical (unpaired) electrons. The van der Waals surface area contributed by atoms with Gasteiger partial charge < -0.3 is 5.32 Å². The van der Waals surface area contributed by atoms with Gasteiger partial charge in [-0.15, -0.1) is 0 Å². The molecule has 0 aromatic heterocycles. The highest BCUT2D eigenvalue weighted by Crippen LogP contribution is 2.62. The maximum Gasteiger partial charge on any atom is 0.0175 e. The Kier molecular flexibility index (Phi) is 3.98. The number of hydrogen-bond acceptors (Lipinski definition) is 1. The van der Waals surface area contributed by atoms with Crippen molar-refractivity contribution in [3.05, 3.63) is 34.3 Å². The van der Waals surface area contributed by atoms with Crippen LogP contribution in [0.2, 0.25) is 0 Å². The monoisotopic (exact) mass is 335 g/mol. The van der Waals surface area contributed by atoms with Crippen LogP contribution in [0.4, 0.5) is 0 Å². The second-order valence-corrected chi connectivity index (χ2v) is 8.30. The molecule has 2 aliphatic carbocycles. The fourth-order valence-corrected chi connectivity index (χ4v) is 4.76. The van der Waals surface area contributed by atoms with E-state index in [4.69, 9.17) is 0 Å². The third-order valence-corrected chi connectivity index (χ3v) is 5.92. The third-order valence-electron chi connectivity index (χ3n) is 5.40. The average molecular weight is 336 g/mol. The molecule has 0 heterocycles. The van der Waals surface area contributed by atoms with Crippen LogP contribution < -0.4 is 5.32 Å². The molecular weight excluding hydrogens is 310 g/mol. The highest BCUT2D eigenvalue weighted by Gasteiger charge is 2.55. The maximum absolute atomic E-state index is 3.70. The standard InChI is InChI=1S/C18H26BrN/c1-14(2)20-13-18(15-5-7-16(19)8-6-15)11-17(12-18)9-3-4-10-17/h5-8,14,20H,3-4,9-13H2,1-2H3. The summed E-state index contributed by atoms with van der Waals surface area (Å²) in [6.07, 6.45) is 8.62. The fourth-order valence-electron chi connectivity index (χ4n) is 4.50. The van der Waals surface area contributed by atoms with Gasteiger partial charge in [0.25, 0.3) is 0 Å². The molecule has 1 aromatic rings. The zero-order chi connectivity index (χ0) is 14.2. The molecule has 0 unspecified atom stereocenters. The van der Waals surface area contributed by atoms with Crippen molar-refractivity contribution in [2.45, 2.75) is 63.8 Å². The van der Waals surface area contributed by atoms with E-state index in [0.29, 0.717) is 16.9 Å². The smallest absolute Gasteiger partial charge is 0.0175 e. The Labute approximate surface area is 131 Å². The van der Waals surface area contributed by atoms with Gasteiger partial charge in [-0.1, -0.05) is 54.8 Å². The van der Waals surface area contributed by atoms with E-state index in [9.17, 15) is 0 Å². The van der Waals surface area contributed by atoms with Gasteiger partial charge in [0.2, 0.25) is 0 Å². The van der Waals surface area contributed by atoms with Crippen LogP contribution in [-0.4, -0.2) is 12.6 Å². The number of hydrogen-bond donors (Lipinski definition) is 1. The van der Waals surface area contributed by atoms with Crippen LogP contribution in [0.1, 0.15) is 57.9 Å². The summed E-state index contributed by atoms with van der Waals surface area (Å²) in [6, 6.07) is 9.63. The summed E-state index contributed by atoms with van der Waals surface area (Å²) in [5.41, 5.74) is 2.60. The van der Waals surface area contributed by atoms with Gasteiger partial charge in [0.15, 0.2) is 0 Å². The molecule has 2 heteroatoms. The molecule has 0 amide bonds. The molecule has 1 spiro atoms. The van der Waals surface area contributed by atoms with Gasteiger partial charge in [-0.05, 0) is 48.8 Å². The van der Waals surface area contributed by atoms with Gasteiger partial charge in [0.05, 0.1) is 0 Å². The first-order chi connectivity index (χ1) is 9.54. The van der Waals surface area contributed by atoms with Crippen molar-refractivity contribution in [1.29, 1.82) is 0 Å². The number of rotatable bonds is 4. The van der Waals surface area contributed by atoms with E-state index in [-0.39, 0.29) is 0 Å². The van der Waals surface area contributed by atoms with Gasteiger partial charge in [-0.2, -0.15) is 0 Å². The van der Waals surface area contributed by atoms with Crippen LogP contribution in [0, 0.1) is 5.41 Å². The average Bonchev–Trinajstić information content (AvgIpc) is 2.85. The molecule has 1 aromatic carbocycles. The lowest BCUT2D eigenvalue weighted by molar-refractivity contribution is 0.0258. The molecule has 0 atom stereocenters. The van der Waals surface area contributed by atoms with Crippen LogP contribution in [-0.2, 0) is 5.41 Å². The molecule has 0 bridgehead atoms. The summed E-state index contributed by atoms with van der Waals surface area (Å²) >= 11 is 3.56. The van der Waals surface area contributed by atoms with Gasteiger partial charge in [-0.25, -0.2) is 0 Å². The molecular formula is C18H26BrN. The van der Waals surface area contributed by atoms with Crippen molar-refractivity contribution < 1.29 is 0 Å². The largest absolute Gasteiger partial charge is 0.314 e. The van der Waals surface area contributed by atoms with E-state index in [1.807, 2.05) is 0 Å². The molecule has 1 nitrogen and oxygen atoms in total. The summed E-state index contributed by atoms with van der Waals surface area (Å²) in [7, 11) is 0. The normalized spacial score (nSPS) is 23.2. The first-order valence-electron chi connectivity index (χ1n) is 8.03. The van der Waals surface area contributed by atoms with Crippen LogP contribution in [0.15, 0.2) is 28.7 Å². The lowest BCUT2D eigenvalue weighted by atomic mass is 9.49. The van der Waals surface area contributed by atoms with Crippen LogP contribution in [0.25, 0.3) is 0 Å².